The Hall–Kier alpha value is -1.69. The predicted octanol–water partition coefficient (Wildman–Crippen LogP) is 1.59. The number of aliphatic hydroxyl groups excluding tert-OH is 1. The first-order valence-electron chi connectivity index (χ1n) is 11.8. The van der Waals surface area contributed by atoms with Crippen molar-refractivity contribution < 1.29 is 39.5 Å². The van der Waals surface area contributed by atoms with Crippen LogP contribution < -0.4 is 29.6 Å². The molecule has 1 unspecified atom stereocenters. The Bertz CT molecular complexity index is 989. The van der Waals surface area contributed by atoms with E-state index >= 15 is 0 Å². The van der Waals surface area contributed by atoms with Crippen LogP contribution in [0.5, 0.6) is 0 Å². The Morgan fingerprint density at radius 3 is 2.59 bits per heavy atom. The van der Waals surface area contributed by atoms with E-state index in [9.17, 15) is 9.90 Å². The number of nitrogens with zero attached hydrogens (tertiary/aromatic N) is 2. The normalized spacial score (nSPS) is 18.0. The second-order valence-electron chi connectivity index (χ2n) is 9.40. The second kappa shape index (κ2) is 13.4. The molecule has 4 rings (SSSR count). The average Bonchev–Trinajstić information content (AvgIpc) is 2.81. The molecule has 2 aliphatic heterocycles. The summed E-state index contributed by atoms with van der Waals surface area (Å²) in [6.07, 6.45) is 9.05. The standard InChI is InChI=1S/C23H27N2O2.C6H9.Na/c1-23(2)16-25(22(27)20-9-5-6-10-21(20)23)15-19(26)14-24-12-11-17-7-3-4-8-18(17)13-24;1-3-5-6-4-2;/h3-4,6-10,19,26H,11-16H2,1-2H3;3-5H,1-2H3;/q2*-1;+1/b;5-3-;. The van der Waals surface area contributed by atoms with E-state index in [-0.39, 0.29) is 40.9 Å². The molecule has 1 N–H and O–H groups in total. The van der Waals surface area contributed by atoms with Crippen molar-refractivity contribution in [2.24, 2.45) is 0 Å². The molecule has 176 valence electrons. The van der Waals surface area contributed by atoms with E-state index in [0.29, 0.717) is 25.2 Å². The molecule has 0 spiro atoms. The molecule has 2 heterocycles. The van der Waals surface area contributed by atoms with Gasteiger partial charge in [0.05, 0.1) is 6.10 Å². The molecule has 2 aromatic carbocycles. The van der Waals surface area contributed by atoms with Gasteiger partial charge >= 0.3 is 29.6 Å². The van der Waals surface area contributed by atoms with Crippen molar-refractivity contribution >= 4 is 5.91 Å². The summed E-state index contributed by atoms with van der Waals surface area (Å²) in [6, 6.07) is 17.2. The Morgan fingerprint density at radius 1 is 1.18 bits per heavy atom. The first-order valence-corrected chi connectivity index (χ1v) is 11.8. The van der Waals surface area contributed by atoms with Gasteiger partial charge in [-0.15, -0.1) is 12.5 Å². The van der Waals surface area contributed by atoms with Gasteiger partial charge in [0, 0.05) is 32.7 Å². The van der Waals surface area contributed by atoms with Gasteiger partial charge in [-0.1, -0.05) is 50.6 Å². The molecule has 0 saturated heterocycles. The monoisotopic (exact) mass is 467 g/mol. The summed E-state index contributed by atoms with van der Waals surface area (Å²) in [6.45, 7) is 11.6. The van der Waals surface area contributed by atoms with Crippen molar-refractivity contribution in [3.8, 4) is 0 Å². The van der Waals surface area contributed by atoms with E-state index in [2.05, 4.69) is 55.2 Å². The van der Waals surface area contributed by atoms with Crippen molar-refractivity contribution in [2.75, 3.05) is 26.2 Å². The Kier molecular flexibility index (Phi) is 11.3. The summed E-state index contributed by atoms with van der Waals surface area (Å²) in [7, 11) is 0. The minimum Gasteiger partial charge on any atom is -0.390 e. The van der Waals surface area contributed by atoms with Crippen molar-refractivity contribution in [3.05, 3.63) is 95.1 Å². The summed E-state index contributed by atoms with van der Waals surface area (Å²) in [5, 5.41) is 10.7. The molecule has 0 aromatic heterocycles. The van der Waals surface area contributed by atoms with Crippen LogP contribution in [-0.2, 0) is 18.4 Å². The van der Waals surface area contributed by atoms with Gasteiger partial charge in [-0.3, -0.25) is 15.8 Å². The van der Waals surface area contributed by atoms with Crippen LogP contribution in [0.15, 0.2) is 60.7 Å². The maximum Gasteiger partial charge on any atom is 1.00 e. The maximum atomic E-state index is 12.9. The molecule has 1 amide bonds. The average molecular weight is 468 g/mol. The molecule has 0 fully saturated rings. The van der Waals surface area contributed by atoms with Gasteiger partial charge in [0.2, 0.25) is 0 Å². The molecule has 0 aliphatic carbocycles. The molecule has 0 bridgehead atoms. The van der Waals surface area contributed by atoms with Crippen molar-refractivity contribution in [1.82, 2.24) is 9.80 Å². The van der Waals surface area contributed by atoms with E-state index < -0.39 is 6.10 Å². The number of carbonyl (C=O) groups is 1. The van der Waals surface area contributed by atoms with Gasteiger partial charge in [-0.25, -0.2) is 12.2 Å². The zero-order valence-electron chi connectivity index (χ0n) is 21.3. The number of amides is 1. The molecule has 2 aromatic rings. The minimum absolute atomic E-state index is 0. The number of allylic oxidation sites excluding steroid dienone is 4. The van der Waals surface area contributed by atoms with Crippen LogP contribution in [0.1, 0.15) is 54.7 Å². The fourth-order valence-corrected chi connectivity index (χ4v) is 4.66. The molecule has 34 heavy (non-hydrogen) atoms. The molecule has 2 aliphatic rings. The smallest absolute Gasteiger partial charge is 0.390 e. The minimum atomic E-state index is -0.552. The zero-order chi connectivity index (χ0) is 23.8. The number of benzene rings is 2. The number of hydrogen-bond acceptors (Lipinski definition) is 3. The van der Waals surface area contributed by atoms with E-state index in [1.807, 2.05) is 44.2 Å². The predicted molar refractivity (Wildman–Crippen MR) is 134 cm³/mol. The molecule has 1 atom stereocenters. The zero-order valence-corrected chi connectivity index (χ0v) is 23.3. The van der Waals surface area contributed by atoms with E-state index in [4.69, 9.17) is 0 Å². The quantitative estimate of drug-likeness (QED) is 0.413. The summed E-state index contributed by atoms with van der Waals surface area (Å²) in [5.74, 6) is 0.00390. The maximum absolute atomic E-state index is 12.9. The first kappa shape index (κ1) is 28.5. The number of fused-ring (bicyclic) bond motifs is 2. The molecular formula is C29H36N2NaO2-. The van der Waals surface area contributed by atoms with Crippen LogP contribution in [-0.4, -0.2) is 53.1 Å². The molecular weight excluding hydrogens is 431 g/mol. The second-order valence-corrected chi connectivity index (χ2v) is 9.40. The van der Waals surface area contributed by atoms with E-state index in [1.54, 1.807) is 11.0 Å². The van der Waals surface area contributed by atoms with Gasteiger partial charge < -0.3 is 10.0 Å². The third-order valence-corrected chi connectivity index (χ3v) is 6.24. The molecule has 5 heteroatoms. The van der Waals surface area contributed by atoms with Gasteiger partial charge in [0.25, 0.3) is 0 Å². The number of β-amino-alcohol motifs (C(OH)–C–C–N with tert-alkyl or cyclic N) is 1. The van der Waals surface area contributed by atoms with Crippen LogP contribution in [0.2, 0.25) is 0 Å². The van der Waals surface area contributed by atoms with Crippen LogP contribution in [0.25, 0.3) is 0 Å². The fourth-order valence-electron chi connectivity index (χ4n) is 4.66. The van der Waals surface area contributed by atoms with Crippen molar-refractivity contribution in [2.45, 2.75) is 52.2 Å². The SMILES string of the molecule is CC1(C)CN(CC(O)CN2CCc3ccccc3C2)C(=O)c2c[c-]ccc21.CC=[C-]/C=C\C.[Na+]. The van der Waals surface area contributed by atoms with Crippen LogP contribution in [0.4, 0.5) is 0 Å². The molecule has 0 radical (unpaired) electrons. The summed E-state index contributed by atoms with van der Waals surface area (Å²) >= 11 is 0. The number of aliphatic hydroxyl groups is 1. The van der Waals surface area contributed by atoms with Gasteiger partial charge in [-0.05, 0) is 23.0 Å². The van der Waals surface area contributed by atoms with Gasteiger partial charge in [-0.2, -0.15) is 30.3 Å². The first-order chi connectivity index (χ1) is 15.9. The van der Waals surface area contributed by atoms with E-state index in [0.717, 1.165) is 25.1 Å². The fraction of sp³-hybridized carbons (Fsp3) is 0.414. The van der Waals surface area contributed by atoms with Crippen LogP contribution >= 0.6 is 0 Å². The van der Waals surface area contributed by atoms with Crippen molar-refractivity contribution in [1.29, 1.82) is 0 Å². The molecule has 4 nitrogen and oxygen atoms in total. The van der Waals surface area contributed by atoms with Crippen molar-refractivity contribution in [3.63, 3.8) is 0 Å². The Morgan fingerprint density at radius 2 is 1.91 bits per heavy atom. The molecule has 0 saturated carbocycles. The van der Waals surface area contributed by atoms with Crippen LogP contribution in [0, 0.1) is 12.1 Å². The topological polar surface area (TPSA) is 43.8 Å². The summed E-state index contributed by atoms with van der Waals surface area (Å²) in [4.78, 5) is 17.0. The third-order valence-electron chi connectivity index (χ3n) is 6.24. The van der Waals surface area contributed by atoms with E-state index in [1.165, 1.54) is 11.1 Å². The van der Waals surface area contributed by atoms with Crippen LogP contribution in [0.3, 0.4) is 0 Å². The number of hydrogen-bond donors (Lipinski definition) is 1. The number of carbonyl (C=O) groups excluding carboxylic acids is 1. The summed E-state index contributed by atoms with van der Waals surface area (Å²) in [5.41, 5.74) is 4.42. The van der Waals surface area contributed by atoms with Gasteiger partial charge in [0.1, 0.15) is 0 Å². The number of rotatable bonds is 5. The third kappa shape index (κ3) is 7.40. The largest absolute Gasteiger partial charge is 1.00 e. The van der Waals surface area contributed by atoms with Gasteiger partial charge in [0.15, 0.2) is 5.91 Å². The summed E-state index contributed by atoms with van der Waals surface area (Å²) < 4.78 is 0. The Balaban J connectivity index is 0.000000521. The Labute approximate surface area is 227 Å².